The highest BCUT2D eigenvalue weighted by Gasteiger charge is 2.32. The molecule has 1 aliphatic rings. The highest BCUT2D eigenvalue weighted by Crippen LogP contribution is 2.33. The molecule has 1 saturated carbocycles. The molecule has 0 bridgehead atoms. The standard InChI is InChI=1S/C17H25NO/c1-2-14-10-6-7-11-15(14)17(19)16(18)12-13-8-4-3-5-9-13/h3-5,8-9,14-16H,2,6-7,10-12,18H2,1H3. The van der Waals surface area contributed by atoms with Crippen LogP contribution in [0.2, 0.25) is 0 Å². The monoisotopic (exact) mass is 259 g/mol. The molecule has 0 aromatic heterocycles. The van der Waals surface area contributed by atoms with Crippen LogP contribution in [-0.4, -0.2) is 11.8 Å². The summed E-state index contributed by atoms with van der Waals surface area (Å²) in [6.07, 6.45) is 6.48. The van der Waals surface area contributed by atoms with Crippen molar-refractivity contribution < 1.29 is 4.79 Å². The number of carbonyl (C=O) groups excluding carboxylic acids is 1. The Bertz CT molecular complexity index is 401. The highest BCUT2D eigenvalue weighted by atomic mass is 16.1. The first-order chi connectivity index (χ1) is 9.22. The van der Waals surface area contributed by atoms with Crippen LogP contribution in [0, 0.1) is 11.8 Å². The predicted octanol–water partition coefficient (Wildman–Crippen LogP) is 3.34. The van der Waals surface area contributed by atoms with Crippen molar-refractivity contribution in [2.24, 2.45) is 17.6 Å². The van der Waals surface area contributed by atoms with Crippen molar-refractivity contribution >= 4 is 5.78 Å². The number of Topliss-reactive ketones (excluding diaryl/α,β-unsaturated/α-hetero) is 1. The van der Waals surface area contributed by atoms with Crippen molar-refractivity contribution in [2.45, 2.75) is 51.5 Å². The topological polar surface area (TPSA) is 43.1 Å². The Balaban J connectivity index is 1.98. The second-order valence-corrected chi connectivity index (χ2v) is 5.76. The number of hydrogen-bond acceptors (Lipinski definition) is 2. The molecule has 1 fully saturated rings. The molecule has 1 aliphatic carbocycles. The molecule has 1 aromatic carbocycles. The lowest BCUT2D eigenvalue weighted by Gasteiger charge is -2.31. The van der Waals surface area contributed by atoms with Crippen LogP contribution in [0.1, 0.15) is 44.6 Å². The molecule has 104 valence electrons. The van der Waals surface area contributed by atoms with Crippen molar-refractivity contribution in [3.63, 3.8) is 0 Å². The van der Waals surface area contributed by atoms with Crippen molar-refractivity contribution in [1.82, 2.24) is 0 Å². The molecule has 2 nitrogen and oxygen atoms in total. The summed E-state index contributed by atoms with van der Waals surface area (Å²) in [6, 6.07) is 9.76. The maximum atomic E-state index is 12.5. The number of ketones is 1. The van der Waals surface area contributed by atoms with Crippen LogP contribution in [0.25, 0.3) is 0 Å². The van der Waals surface area contributed by atoms with Gasteiger partial charge in [0.1, 0.15) is 0 Å². The largest absolute Gasteiger partial charge is 0.321 e. The second-order valence-electron chi connectivity index (χ2n) is 5.76. The van der Waals surface area contributed by atoms with Crippen LogP contribution in [0.4, 0.5) is 0 Å². The van der Waals surface area contributed by atoms with Gasteiger partial charge in [-0.05, 0) is 30.7 Å². The molecule has 0 aliphatic heterocycles. The summed E-state index contributed by atoms with van der Waals surface area (Å²) in [5.41, 5.74) is 7.31. The minimum Gasteiger partial charge on any atom is -0.321 e. The van der Waals surface area contributed by atoms with E-state index < -0.39 is 0 Å². The quantitative estimate of drug-likeness (QED) is 0.881. The average Bonchev–Trinajstić information content (AvgIpc) is 2.47. The summed E-state index contributed by atoms with van der Waals surface area (Å²) in [4.78, 5) is 12.5. The van der Waals surface area contributed by atoms with Gasteiger partial charge in [0.2, 0.25) is 0 Å². The van der Waals surface area contributed by atoms with Gasteiger partial charge >= 0.3 is 0 Å². The van der Waals surface area contributed by atoms with Crippen molar-refractivity contribution in [3.05, 3.63) is 35.9 Å². The van der Waals surface area contributed by atoms with Gasteiger partial charge < -0.3 is 5.73 Å². The Morgan fingerprint density at radius 1 is 1.26 bits per heavy atom. The zero-order valence-electron chi connectivity index (χ0n) is 11.8. The van der Waals surface area contributed by atoms with Crippen molar-refractivity contribution in [3.8, 4) is 0 Å². The Morgan fingerprint density at radius 3 is 2.63 bits per heavy atom. The normalized spacial score (nSPS) is 24.9. The molecule has 19 heavy (non-hydrogen) atoms. The van der Waals surface area contributed by atoms with Crippen molar-refractivity contribution in [1.29, 1.82) is 0 Å². The third-order valence-corrected chi connectivity index (χ3v) is 4.46. The molecular formula is C17H25NO. The number of rotatable bonds is 5. The fourth-order valence-corrected chi connectivity index (χ4v) is 3.31. The number of hydrogen-bond donors (Lipinski definition) is 1. The average molecular weight is 259 g/mol. The van der Waals surface area contributed by atoms with E-state index in [1.165, 1.54) is 19.3 Å². The minimum atomic E-state index is -0.334. The third-order valence-electron chi connectivity index (χ3n) is 4.46. The summed E-state index contributed by atoms with van der Waals surface area (Å²) in [5, 5.41) is 0. The molecule has 0 amide bonds. The lowest BCUT2D eigenvalue weighted by molar-refractivity contribution is -0.127. The van der Waals surface area contributed by atoms with Gasteiger partial charge in [-0.15, -0.1) is 0 Å². The molecular weight excluding hydrogens is 234 g/mol. The van der Waals surface area contributed by atoms with Crippen LogP contribution < -0.4 is 5.73 Å². The van der Waals surface area contributed by atoms with E-state index in [1.54, 1.807) is 0 Å². The Hall–Kier alpha value is -1.15. The van der Waals surface area contributed by atoms with E-state index in [0.717, 1.165) is 18.4 Å². The Kier molecular flexibility index (Phi) is 5.15. The summed E-state index contributed by atoms with van der Waals surface area (Å²) in [5.74, 6) is 1.05. The van der Waals surface area contributed by atoms with Gasteiger partial charge in [-0.1, -0.05) is 56.5 Å². The van der Waals surface area contributed by atoms with E-state index in [-0.39, 0.29) is 17.7 Å². The molecule has 1 aromatic rings. The highest BCUT2D eigenvalue weighted by molar-refractivity contribution is 5.86. The first kappa shape index (κ1) is 14.3. The number of carbonyl (C=O) groups is 1. The molecule has 0 heterocycles. The lowest BCUT2D eigenvalue weighted by Crippen LogP contribution is -2.41. The summed E-state index contributed by atoms with van der Waals surface area (Å²) >= 11 is 0. The van der Waals surface area contributed by atoms with Crippen LogP contribution >= 0.6 is 0 Å². The lowest BCUT2D eigenvalue weighted by atomic mass is 9.74. The zero-order valence-corrected chi connectivity index (χ0v) is 11.8. The fraction of sp³-hybridized carbons (Fsp3) is 0.588. The van der Waals surface area contributed by atoms with Gasteiger partial charge in [-0.25, -0.2) is 0 Å². The van der Waals surface area contributed by atoms with E-state index in [1.807, 2.05) is 30.3 Å². The maximum absolute atomic E-state index is 12.5. The van der Waals surface area contributed by atoms with Gasteiger partial charge in [0, 0.05) is 5.92 Å². The van der Waals surface area contributed by atoms with Gasteiger partial charge in [-0.2, -0.15) is 0 Å². The van der Waals surface area contributed by atoms with Gasteiger partial charge in [0.05, 0.1) is 6.04 Å². The molecule has 0 radical (unpaired) electrons. The van der Waals surface area contributed by atoms with Gasteiger partial charge in [-0.3, -0.25) is 4.79 Å². The fourth-order valence-electron chi connectivity index (χ4n) is 3.31. The van der Waals surface area contributed by atoms with E-state index in [2.05, 4.69) is 6.92 Å². The summed E-state index contributed by atoms with van der Waals surface area (Å²) in [6.45, 7) is 2.19. The molecule has 3 unspecified atom stereocenters. The molecule has 0 spiro atoms. The van der Waals surface area contributed by atoms with Crippen molar-refractivity contribution in [2.75, 3.05) is 0 Å². The Morgan fingerprint density at radius 2 is 1.95 bits per heavy atom. The maximum Gasteiger partial charge on any atom is 0.153 e. The molecule has 2 heteroatoms. The van der Waals surface area contributed by atoms with E-state index in [9.17, 15) is 4.79 Å². The van der Waals surface area contributed by atoms with E-state index in [0.29, 0.717) is 12.3 Å². The number of benzene rings is 1. The second kappa shape index (κ2) is 6.85. The Labute approximate surface area is 116 Å². The van der Waals surface area contributed by atoms with Crippen LogP contribution in [0.3, 0.4) is 0 Å². The van der Waals surface area contributed by atoms with E-state index >= 15 is 0 Å². The van der Waals surface area contributed by atoms with Crippen LogP contribution in [0.15, 0.2) is 30.3 Å². The van der Waals surface area contributed by atoms with Gasteiger partial charge in [0.25, 0.3) is 0 Å². The molecule has 2 N–H and O–H groups in total. The zero-order chi connectivity index (χ0) is 13.7. The summed E-state index contributed by atoms with van der Waals surface area (Å²) in [7, 11) is 0. The SMILES string of the molecule is CCC1CCCCC1C(=O)C(N)Cc1ccccc1. The first-order valence-corrected chi connectivity index (χ1v) is 7.55. The predicted molar refractivity (Wildman–Crippen MR) is 78.9 cm³/mol. The smallest absolute Gasteiger partial charge is 0.153 e. The van der Waals surface area contributed by atoms with Crippen LogP contribution in [0.5, 0.6) is 0 Å². The molecule has 2 rings (SSSR count). The van der Waals surface area contributed by atoms with E-state index in [4.69, 9.17) is 5.73 Å². The molecule has 0 saturated heterocycles. The summed E-state index contributed by atoms with van der Waals surface area (Å²) < 4.78 is 0. The minimum absolute atomic E-state index is 0.206. The number of nitrogens with two attached hydrogens (primary N) is 1. The first-order valence-electron chi connectivity index (χ1n) is 7.55. The molecule has 3 atom stereocenters. The van der Waals surface area contributed by atoms with Gasteiger partial charge in [0.15, 0.2) is 5.78 Å². The third kappa shape index (κ3) is 3.66. The van der Waals surface area contributed by atoms with Crippen LogP contribution in [-0.2, 0) is 11.2 Å².